The summed E-state index contributed by atoms with van der Waals surface area (Å²) in [5.41, 5.74) is 0. The minimum Gasteiger partial charge on any atom is -2.00 e. The Balaban J connectivity index is 0. The third-order valence-corrected chi connectivity index (χ3v) is 0. The van der Waals surface area contributed by atoms with Crippen molar-refractivity contribution in [2.45, 2.75) is 0 Å². The molecule has 0 atom stereocenters. The second kappa shape index (κ2) is 112. The van der Waals surface area contributed by atoms with Crippen molar-refractivity contribution >= 4 is 17.6 Å². The van der Waals surface area contributed by atoms with Gasteiger partial charge in [0.15, 0.2) is 0 Å². The first-order valence-electron chi connectivity index (χ1n) is 0. The summed E-state index contributed by atoms with van der Waals surface area (Å²) >= 11 is 0. The van der Waals surface area contributed by atoms with Gasteiger partial charge in [-0.3, -0.25) is 0 Å². The first-order chi connectivity index (χ1) is 0. The van der Waals surface area contributed by atoms with E-state index in [1.165, 1.54) is 0 Å². The van der Waals surface area contributed by atoms with Crippen LogP contribution in [0.2, 0.25) is 0 Å². The summed E-state index contributed by atoms with van der Waals surface area (Å²) in [5.74, 6) is 0. The van der Waals surface area contributed by atoms with Crippen molar-refractivity contribution in [3.8, 4) is 0 Å². The molecule has 0 radical (unpaired) electrons. The van der Waals surface area contributed by atoms with E-state index in [1.807, 2.05) is 0 Å². The molecular weight excluding hydrogens is 121 g/mol. The summed E-state index contributed by atoms with van der Waals surface area (Å²) in [6.07, 6.45) is 0. The van der Waals surface area contributed by atoms with Crippen molar-refractivity contribution in [3.63, 3.8) is 0 Å². The van der Waals surface area contributed by atoms with Crippen molar-refractivity contribution in [3.05, 3.63) is 0 Å². The van der Waals surface area contributed by atoms with Crippen LogP contribution >= 0.6 is 0 Å². The Morgan fingerprint density at radius 1 is 0.750 bits per heavy atom. The van der Waals surface area contributed by atoms with E-state index in [1.54, 1.807) is 0 Å². The van der Waals surface area contributed by atoms with Gasteiger partial charge in [-0.15, -0.1) is 0 Å². The van der Waals surface area contributed by atoms with Crippen LogP contribution < -0.4 is 0 Å². The van der Waals surface area contributed by atoms with Gasteiger partial charge in [-0.25, -0.2) is 0 Å². The fourth-order valence-electron chi connectivity index (χ4n) is 0. The Kier molecular flexibility index (Phi) is 8140. The van der Waals surface area contributed by atoms with Crippen molar-refractivity contribution in [2.75, 3.05) is 0 Å². The van der Waals surface area contributed by atoms with Crippen LogP contribution in [0, 0.1) is 0 Å². The average Bonchev–Trinajstić information content (AvgIpc) is 0. The van der Waals surface area contributed by atoms with Gasteiger partial charge in [-0.2, -0.15) is 0 Å². The van der Waals surface area contributed by atoms with Crippen molar-refractivity contribution < 1.29 is 16.4 Å². The minimum absolute atomic E-state index is 0. The maximum Gasteiger partial charge on any atom is 4.00 e. The molecule has 0 saturated heterocycles. The largest absolute Gasteiger partial charge is 4.00 e. The van der Waals surface area contributed by atoms with E-state index in [4.69, 9.17) is 0 Å². The van der Waals surface area contributed by atoms with Gasteiger partial charge in [0.25, 0.3) is 0 Å². The molecule has 0 aliphatic heterocycles. The monoisotopic (exact) mass is 124 g/mol. The molecule has 0 aromatic heterocycles. The molecule has 0 unspecified atom stereocenters. The molecule has 0 rings (SSSR count). The Labute approximate surface area is 34.9 Å². The van der Waals surface area contributed by atoms with Crippen LogP contribution in [-0.4, -0.2) is 23.1 Å². The SMILES string of the molecule is O.[Ge+4].[O-2].[O-2]. The first kappa shape index (κ1) is 290. The molecule has 2 N–H and O–H groups in total. The summed E-state index contributed by atoms with van der Waals surface area (Å²) in [6.45, 7) is 0. The predicted octanol–water partition coefficient (Wildman–Crippen LogP) is -1.44. The molecule has 0 spiro atoms. The zero-order chi connectivity index (χ0) is 0. The van der Waals surface area contributed by atoms with Crippen molar-refractivity contribution in [1.82, 2.24) is 0 Å². The zero-order valence-electron chi connectivity index (χ0n) is 1.82. The van der Waals surface area contributed by atoms with Gasteiger partial charge < -0.3 is 16.4 Å². The third kappa shape index (κ3) is 27.4. The van der Waals surface area contributed by atoms with Crippen LogP contribution in [0.1, 0.15) is 0 Å². The molecule has 4 heteroatoms. The van der Waals surface area contributed by atoms with Crippen molar-refractivity contribution in [2.24, 2.45) is 0 Å². The van der Waals surface area contributed by atoms with Crippen LogP contribution in [0.5, 0.6) is 0 Å². The third-order valence-electron chi connectivity index (χ3n) is 0. The Morgan fingerprint density at radius 3 is 0.750 bits per heavy atom. The van der Waals surface area contributed by atoms with E-state index in [0.29, 0.717) is 0 Å². The first-order valence-corrected chi connectivity index (χ1v) is 0. The van der Waals surface area contributed by atoms with E-state index in [-0.39, 0.29) is 34.0 Å². The maximum atomic E-state index is 0. The van der Waals surface area contributed by atoms with E-state index in [0.717, 1.165) is 0 Å². The zero-order valence-corrected chi connectivity index (χ0v) is 3.91. The van der Waals surface area contributed by atoms with E-state index in [9.17, 15) is 0 Å². The standard InChI is InChI=1S/Ge.H2O.2O/h;1H2;;/q+4;;2*-2. The molecule has 24 valence electrons. The summed E-state index contributed by atoms with van der Waals surface area (Å²) < 4.78 is 0. The summed E-state index contributed by atoms with van der Waals surface area (Å²) in [6, 6.07) is 0. The molecule has 0 amide bonds. The van der Waals surface area contributed by atoms with Gasteiger partial charge >= 0.3 is 17.6 Å². The normalized spacial score (nSPS) is 0. The maximum absolute atomic E-state index is 0. The molecule has 0 aliphatic carbocycles. The van der Waals surface area contributed by atoms with E-state index in [2.05, 4.69) is 0 Å². The molecule has 0 saturated carbocycles. The van der Waals surface area contributed by atoms with Crippen LogP contribution in [0.3, 0.4) is 0 Å². The summed E-state index contributed by atoms with van der Waals surface area (Å²) in [5, 5.41) is 0. The molecule has 0 aliphatic rings. The number of hydrogen-bond donors (Lipinski definition) is 0. The minimum atomic E-state index is 0. The Hall–Kier alpha value is 0.423. The Bertz CT molecular complexity index is 3.25. The van der Waals surface area contributed by atoms with Gasteiger partial charge in [-0.05, 0) is 0 Å². The van der Waals surface area contributed by atoms with Crippen LogP contribution in [-0.2, 0) is 11.0 Å². The topological polar surface area (TPSA) is 88.5 Å². The summed E-state index contributed by atoms with van der Waals surface area (Å²) in [7, 11) is 0. The van der Waals surface area contributed by atoms with Gasteiger partial charge in [0, 0.05) is 0 Å². The van der Waals surface area contributed by atoms with Gasteiger partial charge in [-0.1, -0.05) is 0 Å². The van der Waals surface area contributed by atoms with Crippen LogP contribution in [0.25, 0.3) is 0 Å². The molecular formula is H2GeO3. The van der Waals surface area contributed by atoms with Gasteiger partial charge in [0.2, 0.25) is 0 Å². The molecule has 4 heavy (non-hydrogen) atoms. The molecule has 0 bridgehead atoms. The van der Waals surface area contributed by atoms with Gasteiger partial charge in [0.05, 0.1) is 0 Å². The second-order valence-corrected chi connectivity index (χ2v) is 0. The Morgan fingerprint density at radius 2 is 0.750 bits per heavy atom. The molecule has 3 nitrogen and oxygen atoms in total. The fraction of sp³-hybridized carbons (Fsp3) is 0. The summed E-state index contributed by atoms with van der Waals surface area (Å²) in [4.78, 5) is 0. The molecule has 0 aromatic carbocycles. The second-order valence-electron chi connectivity index (χ2n) is 0. The van der Waals surface area contributed by atoms with Crippen molar-refractivity contribution in [1.29, 1.82) is 0 Å². The van der Waals surface area contributed by atoms with Gasteiger partial charge in [0.1, 0.15) is 0 Å². The fourth-order valence-corrected chi connectivity index (χ4v) is 0. The van der Waals surface area contributed by atoms with E-state index >= 15 is 0 Å². The predicted molar refractivity (Wildman–Crippen MR) is 10.7 cm³/mol. The molecule has 0 aromatic rings. The smallest absolute Gasteiger partial charge is 2.00 e. The number of rotatable bonds is 0. The number of hydrogen-bond acceptors (Lipinski definition) is 0. The molecule has 0 heterocycles. The van der Waals surface area contributed by atoms with Crippen LogP contribution in [0.15, 0.2) is 0 Å². The quantitative estimate of drug-likeness (QED) is 0.352. The van der Waals surface area contributed by atoms with Crippen LogP contribution in [0.4, 0.5) is 0 Å². The average molecular weight is 123 g/mol. The molecule has 0 fully saturated rings. The van der Waals surface area contributed by atoms with E-state index < -0.39 is 0 Å².